The Hall–Kier alpha value is -2.62. The van der Waals surface area contributed by atoms with E-state index in [-0.39, 0.29) is 24.3 Å². The van der Waals surface area contributed by atoms with E-state index in [0.29, 0.717) is 0 Å². The van der Waals surface area contributed by atoms with Gasteiger partial charge >= 0.3 is 0 Å². The van der Waals surface area contributed by atoms with Crippen LogP contribution in [-0.2, 0) is 9.59 Å². The average molecular weight is 296 g/mol. The highest BCUT2D eigenvalue weighted by Gasteiger charge is 2.17. The molecular formula is C18H20N2O2. The van der Waals surface area contributed by atoms with Crippen LogP contribution in [0, 0.1) is 6.92 Å². The summed E-state index contributed by atoms with van der Waals surface area (Å²) in [5.41, 5.74) is 2.71. The highest BCUT2D eigenvalue weighted by Crippen LogP contribution is 2.19. The van der Waals surface area contributed by atoms with Crippen LogP contribution in [-0.4, -0.2) is 11.8 Å². The Bertz CT molecular complexity index is 653. The fraction of sp³-hybridized carbons (Fsp3) is 0.222. The van der Waals surface area contributed by atoms with Crippen molar-refractivity contribution in [2.24, 2.45) is 0 Å². The lowest BCUT2D eigenvalue weighted by atomic mass is 10.0. The number of rotatable bonds is 5. The van der Waals surface area contributed by atoms with Crippen molar-refractivity contribution in [1.82, 2.24) is 5.32 Å². The molecular weight excluding hydrogens is 276 g/mol. The average Bonchev–Trinajstić information content (AvgIpc) is 2.49. The van der Waals surface area contributed by atoms with Crippen LogP contribution in [0.5, 0.6) is 0 Å². The number of carbonyl (C=O) groups excluding carboxylic acids is 2. The number of amides is 2. The topological polar surface area (TPSA) is 58.2 Å². The van der Waals surface area contributed by atoms with Gasteiger partial charge in [0.15, 0.2) is 0 Å². The molecule has 0 radical (unpaired) electrons. The maximum atomic E-state index is 12.3. The fourth-order valence-corrected chi connectivity index (χ4v) is 2.28. The second-order valence-electron chi connectivity index (χ2n) is 5.23. The number of benzene rings is 2. The van der Waals surface area contributed by atoms with Crippen molar-refractivity contribution in [3.8, 4) is 0 Å². The van der Waals surface area contributed by atoms with E-state index in [1.807, 2.05) is 61.5 Å². The first-order valence-corrected chi connectivity index (χ1v) is 7.24. The Kier molecular flexibility index (Phi) is 5.31. The Balaban J connectivity index is 2.08. The van der Waals surface area contributed by atoms with Gasteiger partial charge in [-0.3, -0.25) is 9.59 Å². The van der Waals surface area contributed by atoms with Gasteiger partial charge in [-0.05, 0) is 24.1 Å². The molecule has 4 heteroatoms. The third kappa shape index (κ3) is 4.45. The van der Waals surface area contributed by atoms with E-state index in [0.717, 1.165) is 16.8 Å². The monoisotopic (exact) mass is 296 g/mol. The zero-order valence-corrected chi connectivity index (χ0v) is 12.8. The number of para-hydroxylation sites is 1. The normalized spacial score (nSPS) is 11.5. The molecule has 0 aromatic heterocycles. The maximum absolute atomic E-state index is 12.3. The molecule has 0 saturated heterocycles. The molecule has 4 nitrogen and oxygen atoms in total. The first-order chi connectivity index (χ1) is 10.6. The van der Waals surface area contributed by atoms with Crippen molar-refractivity contribution in [1.29, 1.82) is 0 Å². The number of nitrogens with one attached hydrogen (secondary N) is 2. The standard InChI is InChI=1S/C18H20N2O2/c1-13-8-6-7-11-16(13)20-18(22)12-17(19-14(2)21)15-9-4-3-5-10-15/h3-11,17H,12H2,1-2H3,(H,19,21)(H,20,22)/t17-/m0/s1. The van der Waals surface area contributed by atoms with Crippen LogP contribution < -0.4 is 10.6 Å². The molecule has 1 atom stereocenters. The van der Waals surface area contributed by atoms with Gasteiger partial charge in [0.1, 0.15) is 0 Å². The Morgan fingerprint density at radius 2 is 1.64 bits per heavy atom. The van der Waals surface area contributed by atoms with Crippen molar-refractivity contribution in [2.45, 2.75) is 26.3 Å². The van der Waals surface area contributed by atoms with Gasteiger partial charge in [-0.15, -0.1) is 0 Å². The van der Waals surface area contributed by atoms with Crippen LogP contribution in [0.25, 0.3) is 0 Å². The Labute approximate surface area is 130 Å². The lowest BCUT2D eigenvalue weighted by molar-refractivity contribution is -0.120. The third-order valence-electron chi connectivity index (χ3n) is 3.39. The van der Waals surface area contributed by atoms with Crippen LogP contribution in [0.15, 0.2) is 54.6 Å². The summed E-state index contributed by atoms with van der Waals surface area (Å²) >= 11 is 0. The molecule has 0 aliphatic carbocycles. The zero-order chi connectivity index (χ0) is 15.9. The van der Waals surface area contributed by atoms with Gasteiger partial charge in [-0.1, -0.05) is 48.5 Å². The van der Waals surface area contributed by atoms with Crippen molar-refractivity contribution in [3.05, 3.63) is 65.7 Å². The van der Waals surface area contributed by atoms with Crippen molar-refractivity contribution < 1.29 is 9.59 Å². The summed E-state index contributed by atoms with van der Waals surface area (Å²) in [5.74, 6) is -0.283. The first-order valence-electron chi connectivity index (χ1n) is 7.24. The SMILES string of the molecule is CC(=O)N[C@@H](CC(=O)Nc1ccccc1C)c1ccccc1. The van der Waals surface area contributed by atoms with Gasteiger partial charge in [0.2, 0.25) is 11.8 Å². The summed E-state index contributed by atoms with van der Waals surface area (Å²) in [6.07, 6.45) is 0.192. The first kappa shape index (κ1) is 15.8. The summed E-state index contributed by atoms with van der Waals surface area (Å²) in [5, 5.41) is 5.72. The molecule has 0 aliphatic rings. The second-order valence-corrected chi connectivity index (χ2v) is 5.23. The van der Waals surface area contributed by atoms with Crippen molar-refractivity contribution in [3.63, 3.8) is 0 Å². The highest BCUT2D eigenvalue weighted by atomic mass is 16.2. The lowest BCUT2D eigenvalue weighted by Crippen LogP contribution is -2.29. The maximum Gasteiger partial charge on any atom is 0.226 e. The molecule has 114 valence electrons. The number of carbonyl (C=O) groups is 2. The van der Waals surface area contributed by atoms with E-state index in [9.17, 15) is 9.59 Å². The second kappa shape index (κ2) is 7.41. The lowest BCUT2D eigenvalue weighted by Gasteiger charge is -2.18. The van der Waals surface area contributed by atoms with E-state index in [2.05, 4.69) is 10.6 Å². The van der Waals surface area contributed by atoms with E-state index in [1.54, 1.807) is 0 Å². The number of hydrogen-bond acceptors (Lipinski definition) is 2. The smallest absolute Gasteiger partial charge is 0.226 e. The van der Waals surface area contributed by atoms with Gasteiger partial charge in [-0.25, -0.2) is 0 Å². The van der Waals surface area contributed by atoms with Crippen LogP contribution in [0.3, 0.4) is 0 Å². The minimum Gasteiger partial charge on any atom is -0.349 e. The van der Waals surface area contributed by atoms with Gasteiger partial charge < -0.3 is 10.6 Å². The highest BCUT2D eigenvalue weighted by molar-refractivity contribution is 5.92. The molecule has 0 bridgehead atoms. The van der Waals surface area contributed by atoms with E-state index in [4.69, 9.17) is 0 Å². The summed E-state index contributed by atoms with van der Waals surface area (Å²) in [6, 6.07) is 16.8. The molecule has 0 saturated carbocycles. The minimum atomic E-state index is -0.331. The largest absolute Gasteiger partial charge is 0.349 e. The fourth-order valence-electron chi connectivity index (χ4n) is 2.28. The summed E-state index contributed by atoms with van der Waals surface area (Å²) < 4.78 is 0. The van der Waals surface area contributed by atoms with E-state index in [1.165, 1.54) is 6.92 Å². The molecule has 0 heterocycles. The van der Waals surface area contributed by atoms with Crippen molar-refractivity contribution in [2.75, 3.05) is 5.32 Å². The summed E-state index contributed by atoms with van der Waals surface area (Å²) in [4.78, 5) is 23.6. The van der Waals surface area contributed by atoms with E-state index < -0.39 is 0 Å². The van der Waals surface area contributed by atoms with Gasteiger partial charge in [0.05, 0.1) is 12.5 Å². The predicted molar refractivity (Wildman–Crippen MR) is 87.4 cm³/mol. The Morgan fingerprint density at radius 3 is 2.27 bits per heavy atom. The van der Waals surface area contributed by atoms with Crippen LogP contribution in [0.2, 0.25) is 0 Å². The molecule has 0 aliphatic heterocycles. The Morgan fingerprint density at radius 1 is 1.00 bits per heavy atom. The van der Waals surface area contributed by atoms with Crippen LogP contribution >= 0.6 is 0 Å². The van der Waals surface area contributed by atoms with Crippen LogP contribution in [0.4, 0.5) is 5.69 Å². The van der Waals surface area contributed by atoms with Crippen molar-refractivity contribution >= 4 is 17.5 Å². The molecule has 2 rings (SSSR count). The number of anilines is 1. The molecule has 22 heavy (non-hydrogen) atoms. The number of hydrogen-bond donors (Lipinski definition) is 2. The zero-order valence-electron chi connectivity index (χ0n) is 12.8. The summed E-state index contributed by atoms with van der Waals surface area (Å²) in [7, 11) is 0. The van der Waals surface area contributed by atoms with Gasteiger partial charge in [0, 0.05) is 12.6 Å². The van der Waals surface area contributed by atoms with Gasteiger partial charge in [-0.2, -0.15) is 0 Å². The molecule has 2 amide bonds. The molecule has 0 spiro atoms. The van der Waals surface area contributed by atoms with Gasteiger partial charge in [0.25, 0.3) is 0 Å². The molecule has 2 N–H and O–H groups in total. The third-order valence-corrected chi connectivity index (χ3v) is 3.39. The predicted octanol–water partition coefficient (Wildman–Crippen LogP) is 3.20. The quantitative estimate of drug-likeness (QED) is 0.890. The number of aryl methyl sites for hydroxylation is 1. The molecule has 2 aromatic carbocycles. The molecule has 0 unspecified atom stereocenters. The van der Waals surface area contributed by atoms with E-state index >= 15 is 0 Å². The minimum absolute atomic E-state index is 0.128. The molecule has 2 aromatic rings. The van der Waals surface area contributed by atoms with Crippen LogP contribution in [0.1, 0.15) is 30.5 Å². The molecule has 0 fully saturated rings. The summed E-state index contributed by atoms with van der Waals surface area (Å²) in [6.45, 7) is 3.40.